The van der Waals surface area contributed by atoms with E-state index in [9.17, 15) is 0 Å². The van der Waals surface area contributed by atoms with Gasteiger partial charge in [-0.05, 0) is 36.1 Å². The number of unbranched alkanes of at least 4 members (excludes halogenated alkanes) is 1. The third-order valence-corrected chi connectivity index (χ3v) is 3.86. The molecule has 0 radical (unpaired) electrons. The van der Waals surface area contributed by atoms with Gasteiger partial charge in [0.1, 0.15) is 0 Å². The molecule has 0 fully saturated rings. The van der Waals surface area contributed by atoms with Crippen molar-refractivity contribution >= 4 is 48.9 Å². The number of hydrogen-bond donors (Lipinski definition) is 0. The van der Waals surface area contributed by atoms with Gasteiger partial charge in [0.15, 0.2) is 11.5 Å². The van der Waals surface area contributed by atoms with Crippen molar-refractivity contribution in [3.05, 3.63) is 23.3 Å². The molecule has 0 atom stereocenters. The second-order valence-corrected chi connectivity index (χ2v) is 5.86. The Morgan fingerprint density at radius 2 is 1.38 bits per heavy atom. The Morgan fingerprint density at radius 1 is 0.808 bits per heavy atom. The topological polar surface area (TPSA) is 46.2 Å². The Morgan fingerprint density at radius 3 is 2.00 bits per heavy atom. The van der Waals surface area contributed by atoms with E-state index < -0.39 is 0 Å². The Kier molecular flexibility index (Phi) is 17.5. The van der Waals surface area contributed by atoms with Crippen molar-refractivity contribution in [2.45, 2.75) is 46.1 Å². The van der Waals surface area contributed by atoms with Crippen LogP contribution in [0.4, 0.5) is 0 Å². The predicted octanol–water partition coefficient (Wildman–Crippen LogP) is 2.80. The molecule has 0 N–H and O–H groups in total. The molecule has 0 saturated heterocycles. The molecule has 26 heavy (non-hydrogen) atoms. The standard InChI is InChI=1S/C19H30O5.Ba.Ti.2H/c1-3-5-7-20-8-9-21-10-11-22-14-17-13-19-18(23-15-24-19)12-16(17)6-4-2;;;;/h12-13H,3-11,14-15H2,1-2H3;;;;. The molecule has 2 rings (SSSR count). The van der Waals surface area contributed by atoms with Crippen molar-refractivity contribution in [1.82, 2.24) is 0 Å². The molecule has 0 aromatic heterocycles. The molecular weight excluding hydrogens is 493 g/mol. The van der Waals surface area contributed by atoms with Crippen LogP contribution in [0.3, 0.4) is 0 Å². The van der Waals surface area contributed by atoms with E-state index >= 15 is 0 Å². The SMILES string of the molecule is CCCCOCCOCCOCc1cc2c(cc1CCC)OCO2.[BaH2].[Ti]. The second kappa shape index (κ2) is 16.9. The van der Waals surface area contributed by atoms with Crippen molar-refractivity contribution in [1.29, 1.82) is 0 Å². The first-order valence-corrected chi connectivity index (χ1v) is 8.99. The fourth-order valence-corrected chi connectivity index (χ4v) is 2.53. The van der Waals surface area contributed by atoms with E-state index in [1.165, 1.54) is 11.1 Å². The van der Waals surface area contributed by atoms with Gasteiger partial charge < -0.3 is 23.7 Å². The van der Waals surface area contributed by atoms with Crippen molar-refractivity contribution in [3.8, 4) is 11.5 Å². The molecule has 1 heterocycles. The number of fused-ring (bicyclic) bond motifs is 1. The summed E-state index contributed by atoms with van der Waals surface area (Å²) in [5.74, 6) is 1.66. The molecule has 1 aliphatic heterocycles. The number of ether oxygens (including phenoxy) is 5. The third-order valence-electron chi connectivity index (χ3n) is 3.86. The summed E-state index contributed by atoms with van der Waals surface area (Å²) < 4.78 is 27.6. The summed E-state index contributed by atoms with van der Waals surface area (Å²) in [4.78, 5) is 0. The van der Waals surface area contributed by atoms with Crippen LogP contribution in [0, 0.1) is 0 Å². The molecule has 0 unspecified atom stereocenters. The maximum absolute atomic E-state index is 5.75. The summed E-state index contributed by atoms with van der Waals surface area (Å²) in [6.07, 6.45) is 4.38. The molecule has 1 aromatic carbocycles. The van der Waals surface area contributed by atoms with Gasteiger partial charge in [0.05, 0.1) is 33.0 Å². The summed E-state index contributed by atoms with van der Waals surface area (Å²) in [6, 6.07) is 4.12. The zero-order chi connectivity index (χ0) is 17.0. The van der Waals surface area contributed by atoms with Gasteiger partial charge in [-0.15, -0.1) is 0 Å². The Labute approximate surface area is 212 Å². The smallest absolute Gasteiger partial charge is 0 e. The van der Waals surface area contributed by atoms with Crippen LogP contribution < -0.4 is 9.47 Å². The number of aryl methyl sites for hydroxylation is 1. The van der Waals surface area contributed by atoms with Crippen molar-refractivity contribution in [2.75, 3.05) is 39.8 Å². The fourth-order valence-electron chi connectivity index (χ4n) is 2.53. The average Bonchev–Trinajstić information content (AvgIpc) is 3.04. The van der Waals surface area contributed by atoms with Crippen LogP contribution in [-0.2, 0) is 49.0 Å². The largest absolute Gasteiger partial charge is 0 e. The Balaban J connectivity index is 0.00000312. The van der Waals surface area contributed by atoms with Gasteiger partial charge in [-0.2, -0.15) is 0 Å². The van der Waals surface area contributed by atoms with Crippen molar-refractivity contribution < 1.29 is 45.4 Å². The van der Waals surface area contributed by atoms with Crippen LogP contribution in [0.2, 0.25) is 0 Å². The van der Waals surface area contributed by atoms with E-state index in [0.717, 1.165) is 43.8 Å². The van der Waals surface area contributed by atoms with Crippen molar-refractivity contribution in [3.63, 3.8) is 0 Å². The minimum absolute atomic E-state index is 0. The zero-order valence-corrected chi connectivity index (χ0v) is 17.0. The molecule has 144 valence electrons. The Bertz CT molecular complexity index is 487. The van der Waals surface area contributed by atoms with Gasteiger partial charge in [-0.25, -0.2) is 0 Å². The minimum Gasteiger partial charge on any atom is 0 e. The van der Waals surface area contributed by atoms with Crippen molar-refractivity contribution in [2.24, 2.45) is 0 Å². The normalized spacial score (nSPS) is 11.8. The molecule has 0 aliphatic carbocycles. The monoisotopic (exact) mass is 526 g/mol. The Hall–Kier alpha value is 0.986. The molecular formula is C19H32BaO5Ti. The first-order chi connectivity index (χ1) is 11.8. The summed E-state index contributed by atoms with van der Waals surface area (Å²) in [5, 5.41) is 0. The van der Waals surface area contributed by atoms with Gasteiger partial charge in [0.25, 0.3) is 0 Å². The molecule has 0 spiro atoms. The van der Waals surface area contributed by atoms with Gasteiger partial charge in [0, 0.05) is 28.3 Å². The molecule has 0 amide bonds. The number of hydrogen-bond acceptors (Lipinski definition) is 5. The fraction of sp³-hybridized carbons (Fsp3) is 0.684. The van der Waals surface area contributed by atoms with E-state index in [1.54, 1.807) is 0 Å². The molecule has 5 nitrogen and oxygen atoms in total. The van der Waals surface area contributed by atoms with E-state index in [-0.39, 0.29) is 70.6 Å². The van der Waals surface area contributed by atoms with Crippen LogP contribution in [0.5, 0.6) is 11.5 Å². The van der Waals surface area contributed by atoms with Crippen LogP contribution in [0.1, 0.15) is 44.2 Å². The molecule has 1 aromatic rings. The quantitative estimate of drug-likeness (QED) is 0.293. The van der Waals surface area contributed by atoms with Crippen LogP contribution >= 0.6 is 0 Å². The first kappa shape index (κ1) is 27.0. The van der Waals surface area contributed by atoms with Crippen LogP contribution in [0.25, 0.3) is 0 Å². The molecule has 1 aliphatic rings. The second-order valence-electron chi connectivity index (χ2n) is 5.86. The van der Waals surface area contributed by atoms with Crippen LogP contribution in [-0.4, -0.2) is 88.7 Å². The zero-order valence-electron chi connectivity index (χ0n) is 15.5. The van der Waals surface area contributed by atoms with E-state index in [0.29, 0.717) is 39.8 Å². The first-order valence-electron chi connectivity index (χ1n) is 8.99. The molecule has 7 heteroatoms. The maximum atomic E-state index is 5.75. The minimum atomic E-state index is 0. The summed E-state index contributed by atoms with van der Waals surface area (Å²) in [7, 11) is 0. The summed E-state index contributed by atoms with van der Waals surface area (Å²) >= 11 is 0. The third kappa shape index (κ3) is 9.96. The van der Waals surface area contributed by atoms with Gasteiger partial charge >= 0.3 is 48.9 Å². The van der Waals surface area contributed by atoms with Gasteiger partial charge in [0.2, 0.25) is 6.79 Å². The van der Waals surface area contributed by atoms with E-state index in [1.807, 2.05) is 6.07 Å². The average molecular weight is 526 g/mol. The number of rotatable bonds is 13. The van der Waals surface area contributed by atoms with Crippen LogP contribution in [0.15, 0.2) is 12.1 Å². The maximum Gasteiger partial charge on any atom is 0 e. The molecule has 0 saturated carbocycles. The van der Waals surface area contributed by atoms with E-state index in [4.69, 9.17) is 23.7 Å². The van der Waals surface area contributed by atoms with E-state index in [2.05, 4.69) is 19.9 Å². The number of benzene rings is 1. The summed E-state index contributed by atoms with van der Waals surface area (Å²) in [6.45, 7) is 8.47. The van der Waals surface area contributed by atoms with Gasteiger partial charge in [-0.1, -0.05) is 26.7 Å². The molecule has 0 bridgehead atoms. The predicted molar refractivity (Wildman–Crippen MR) is 101 cm³/mol. The van der Waals surface area contributed by atoms with Gasteiger partial charge in [-0.3, -0.25) is 0 Å². The summed E-state index contributed by atoms with van der Waals surface area (Å²) in [5.41, 5.74) is 2.44.